The van der Waals surface area contributed by atoms with E-state index in [-0.39, 0.29) is 10.6 Å². The fourth-order valence-corrected chi connectivity index (χ4v) is 3.34. The van der Waals surface area contributed by atoms with Crippen LogP contribution in [0.15, 0.2) is 23.1 Å². The van der Waals surface area contributed by atoms with Crippen LogP contribution >= 0.6 is 0 Å². The molecule has 0 saturated carbocycles. The molecule has 1 aromatic carbocycles. The van der Waals surface area contributed by atoms with Gasteiger partial charge in [-0.3, -0.25) is 14.9 Å². The van der Waals surface area contributed by atoms with Crippen molar-refractivity contribution in [2.24, 2.45) is 0 Å². The van der Waals surface area contributed by atoms with Gasteiger partial charge in [-0.2, -0.15) is 4.31 Å². The maximum Gasteiger partial charge on any atom is 0.321 e. The Balaban J connectivity index is 3.45. The van der Waals surface area contributed by atoms with Crippen LogP contribution in [0.1, 0.15) is 19.4 Å². The van der Waals surface area contributed by atoms with E-state index in [1.165, 1.54) is 19.1 Å². The van der Waals surface area contributed by atoms with Gasteiger partial charge in [-0.1, -0.05) is 13.0 Å². The van der Waals surface area contributed by atoms with Crippen molar-refractivity contribution in [2.45, 2.75) is 31.2 Å². The Morgan fingerprint density at radius 2 is 2.05 bits per heavy atom. The van der Waals surface area contributed by atoms with Crippen molar-refractivity contribution in [1.29, 1.82) is 0 Å². The van der Waals surface area contributed by atoms with Crippen LogP contribution in [-0.2, 0) is 21.2 Å². The summed E-state index contributed by atoms with van der Waals surface area (Å²) in [7, 11) is -3.00. The van der Waals surface area contributed by atoms with Gasteiger partial charge >= 0.3 is 5.97 Å². The molecule has 0 aromatic heterocycles. The van der Waals surface area contributed by atoms with Gasteiger partial charge in [0.2, 0.25) is 10.0 Å². The first-order valence-corrected chi connectivity index (χ1v) is 7.55. The van der Waals surface area contributed by atoms with Crippen LogP contribution in [0, 0.1) is 10.1 Å². The molecule has 0 aliphatic rings. The van der Waals surface area contributed by atoms with Gasteiger partial charge < -0.3 is 5.11 Å². The molecule has 0 amide bonds. The number of benzene rings is 1. The summed E-state index contributed by atoms with van der Waals surface area (Å²) >= 11 is 0. The highest BCUT2D eigenvalue weighted by atomic mass is 32.2. The molecule has 0 spiro atoms. The summed E-state index contributed by atoms with van der Waals surface area (Å²) in [6.45, 7) is 2.93. The number of rotatable bonds is 6. The molecule has 0 radical (unpaired) electrons. The molecule has 9 heteroatoms. The molecule has 116 valence electrons. The second kappa shape index (κ2) is 6.19. The lowest BCUT2D eigenvalue weighted by atomic mass is 10.1. The van der Waals surface area contributed by atoms with Crippen molar-refractivity contribution in [3.05, 3.63) is 33.9 Å². The van der Waals surface area contributed by atoms with E-state index in [1.54, 1.807) is 6.92 Å². The Bertz CT molecular complexity index is 670. The number of non-ortho nitro benzene ring substituents is 1. The number of carboxylic acid groups (broad SMARTS) is 1. The summed E-state index contributed by atoms with van der Waals surface area (Å²) in [6.07, 6.45) is 0.349. The smallest absolute Gasteiger partial charge is 0.321 e. The minimum atomic E-state index is -4.13. The average Bonchev–Trinajstić information content (AvgIpc) is 2.44. The highest BCUT2D eigenvalue weighted by Crippen LogP contribution is 2.26. The third-order valence-corrected chi connectivity index (χ3v) is 5.21. The first-order chi connectivity index (χ1) is 9.62. The van der Waals surface area contributed by atoms with E-state index in [2.05, 4.69) is 0 Å². The highest BCUT2D eigenvalue weighted by molar-refractivity contribution is 7.89. The zero-order valence-corrected chi connectivity index (χ0v) is 12.6. The number of hydrogen-bond donors (Lipinski definition) is 1. The van der Waals surface area contributed by atoms with Gasteiger partial charge in [0.25, 0.3) is 5.69 Å². The summed E-state index contributed by atoms with van der Waals surface area (Å²) in [5, 5.41) is 19.7. The SMILES string of the molecule is CCc1ccc([N+](=O)[O-])cc1S(=O)(=O)N(C)C(C)C(=O)O. The van der Waals surface area contributed by atoms with Crippen LogP contribution in [0.2, 0.25) is 0 Å². The lowest BCUT2D eigenvalue weighted by Crippen LogP contribution is -2.40. The minimum Gasteiger partial charge on any atom is -0.480 e. The summed E-state index contributed by atoms with van der Waals surface area (Å²) in [6, 6.07) is 2.26. The average molecular weight is 316 g/mol. The molecular formula is C12H16N2O6S. The predicted molar refractivity (Wildman–Crippen MR) is 74.5 cm³/mol. The second-order valence-corrected chi connectivity index (χ2v) is 6.40. The van der Waals surface area contributed by atoms with Gasteiger partial charge in [0, 0.05) is 19.2 Å². The van der Waals surface area contributed by atoms with Crippen molar-refractivity contribution in [3.63, 3.8) is 0 Å². The quantitative estimate of drug-likeness (QED) is 0.623. The molecule has 1 N–H and O–H groups in total. The lowest BCUT2D eigenvalue weighted by Gasteiger charge is -2.22. The molecule has 1 rings (SSSR count). The van der Waals surface area contributed by atoms with E-state index < -0.39 is 27.0 Å². The van der Waals surface area contributed by atoms with Crippen LogP contribution in [0.3, 0.4) is 0 Å². The summed E-state index contributed by atoms with van der Waals surface area (Å²) in [4.78, 5) is 20.8. The molecule has 1 aromatic rings. The number of aryl methyl sites for hydroxylation is 1. The van der Waals surface area contributed by atoms with Gasteiger partial charge in [-0.15, -0.1) is 0 Å². The number of aliphatic carboxylic acids is 1. The molecule has 21 heavy (non-hydrogen) atoms. The van der Waals surface area contributed by atoms with Crippen LogP contribution in [0.5, 0.6) is 0 Å². The number of likely N-dealkylation sites (N-methyl/N-ethyl adjacent to an activating group) is 1. The third kappa shape index (κ3) is 3.37. The van der Waals surface area contributed by atoms with Crippen molar-refractivity contribution >= 4 is 21.7 Å². The number of hydrogen-bond acceptors (Lipinski definition) is 5. The molecule has 1 unspecified atom stereocenters. The second-order valence-electron chi connectivity index (χ2n) is 4.44. The van der Waals surface area contributed by atoms with Crippen molar-refractivity contribution in [1.82, 2.24) is 4.31 Å². The Kier molecular flexibility index (Phi) is 5.02. The lowest BCUT2D eigenvalue weighted by molar-refractivity contribution is -0.385. The van der Waals surface area contributed by atoms with Crippen LogP contribution in [0.25, 0.3) is 0 Å². The number of carbonyl (C=O) groups is 1. The maximum atomic E-state index is 12.5. The summed E-state index contributed by atoms with van der Waals surface area (Å²) < 4.78 is 25.6. The summed E-state index contributed by atoms with van der Waals surface area (Å²) in [5.41, 5.74) is 0.0344. The van der Waals surface area contributed by atoms with Crippen molar-refractivity contribution in [2.75, 3.05) is 7.05 Å². The van der Waals surface area contributed by atoms with Gasteiger partial charge in [0.15, 0.2) is 0 Å². The van der Waals surface area contributed by atoms with Crippen LogP contribution < -0.4 is 0 Å². The van der Waals surface area contributed by atoms with Gasteiger partial charge in [-0.25, -0.2) is 8.42 Å². The maximum absolute atomic E-state index is 12.5. The predicted octanol–water partition coefficient (Wildman–Crippen LogP) is 1.25. The first kappa shape index (κ1) is 17.1. The van der Waals surface area contributed by atoms with Crippen molar-refractivity contribution in [3.8, 4) is 0 Å². The van der Waals surface area contributed by atoms with Gasteiger partial charge in [0.05, 0.1) is 9.82 Å². The van der Waals surface area contributed by atoms with Crippen LogP contribution in [0.4, 0.5) is 5.69 Å². The minimum absolute atomic E-state index is 0.241. The fraction of sp³-hybridized carbons (Fsp3) is 0.417. The number of nitro benzene ring substituents is 1. The molecule has 0 aliphatic carbocycles. The van der Waals surface area contributed by atoms with Crippen molar-refractivity contribution < 1.29 is 23.2 Å². The zero-order chi connectivity index (χ0) is 16.4. The summed E-state index contributed by atoms with van der Waals surface area (Å²) in [5.74, 6) is -1.30. The molecule has 1 atom stereocenters. The molecule has 8 nitrogen and oxygen atoms in total. The molecule has 0 saturated heterocycles. The number of nitrogens with zero attached hydrogens (tertiary/aromatic N) is 2. The van der Waals surface area contributed by atoms with E-state index in [4.69, 9.17) is 5.11 Å². The molecule has 0 fully saturated rings. The third-order valence-electron chi connectivity index (χ3n) is 3.20. The fourth-order valence-electron chi connectivity index (χ4n) is 1.71. The normalized spacial score (nSPS) is 13.1. The van der Waals surface area contributed by atoms with E-state index in [0.717, 1.165) is 13.1 Å². The Hall–Kier alpha value is -2.00. The van der Waals surface area contributed by atoms with Crippen LogP contribution in [-0.4, -0.2) is 41.8 Å². The first-order valence-electron chi connectivity index (χ1n) is 6.11. The Labute approximate surface area is 122 Å². The monoisotopic (exact) mass is 316 g/mol. The van der Waals surface area contributed by atoms with E-state index in [9.17, 15) is 23.3 Å². The Morgan fingerprint density at radius 1 is 1.48 bits per heavy atom. The van der Waals surface area contributed by atoms with Gasteiger partial charge in [0.1, 0.15) is 6.04 Å². The number of carboxylic acids is 1. The number of sulfonamides is 1. The topological polar surface area (TPSA) is 118 Å². The van der Waals surface area contributed by atoms with Gasteiger partial charge in [-0.05, 0) is 18.9 Å². The molecular weight excluding hydrogens is 300 g/mol. The van der Waals surface area contributed by atoms with E-state index in [0.29, 0.717) is 16.3 Å². The highest BCUT2D eigenvalue weighted by Gasteiger charge is 2.32. The zero-order valence-electron chi connectivity index (χ0n) is 11.8. The van der Waals surface area contributed by atoms with E-state index >= 15 is 0 Å². The molecule has 0 bridgehead atoms. The molecule has 0 heterocycles. The molecule has 0 aliphatic heterocycles. The standard InChI is InChI=1S/C12H16N2O6S/c1-4-9-5-6-10(14(17)18)7-11(9)21(19,20)13(3)8(2)12(15)16/h5-8H,4H2,1-3H3,(H,15,16). The van der Waals surface area contributed by atoms with E-state index in [1.807, 2.05) is 0 Å². The number of nitro groups is 1. The largest absolute Gasteiger partial charge is 0.480 e. The Morgan fingerprint density at radius 3 is 2.48 bits per heavy atom.